The van der Waals surface area contributed by atoms with Crippen molar-refractivity contribution in [2.24, 2.45) is 0 Å². The first-order chi connectivity index (χ1) is 9.15. The molecule has 19 heavy (non-hydrogen) atoms. The predicted octanol–water partition coefficient (Wildman–Crippen LogP) is 4.37. The number of rotatable bonds is 1. The lowest BCUT2D eigenvalue weighted by atomic mass is 9.94. The van der Waals surface area contributed by atoms with Crippen molar-refractivity contribution in [1.29, 1.82) is 0 Å². The number of halogens is 1. The van der Waals surface area contributed by atoms with Crippen molar-refractivity contribution in [3.05, 3.63) is 58.6 Å². The van der Waals surface area contributed by atoms with Crippen molar-refractivity contribution < 1.29 is 9.84 Å². The van der Waals surface area contributed by atoms with Gasteiger partial charge in [0.2, 0.25) is 0 Å². The van der Waals surface area contributed by atoms with Crippen LogP contribution in [0.5, 0.6) is 11.5 Å². The van der Waals surface area contributed by atoms with Gasteiger partial charge in [0.1, 0.15) is 18.1 Å². The Morgan fingerprint density at radius 2 is 2.00 bits per heavy atom. The predicted molar refractivity (Wildman–Crippen MR) is 77.5 cm³/mol. The van der Waals surface area contributed by atoms with E-state index in [2.05, 4.69) is 6.92 Å². The molecule has 2 nitrogen and oxygen atoms in total. The smallest absolute Gasteiger partial charge is 0.130 e. The number of phenolic OH excluding ortho intramolecular Hbond substituents is 1. The summed E-state index contributed by atoms with van der Waals surface area (Å²) < 4.78 is 5.72. The molecule has 0 saturated carbocycles. The van der Waals surface area contributed by atoms with Gasteiger partial charge >= 0.3 is 0 Å². The van der Waals surface area contributed by atoms with Gasteiger partial charge in [-0.2, -0.15) is 0 Å². The average Bonchev–Trinajstić information content (AvgIpc) is 2.39. The van der Waals surface area contributed by atoms with Crippen LogP contribution in [0.25, 0.3) is 11.1 Å². The van der Waals surface area contributed by atoms with Gasteiger partial charge in [-0.05, 0) is 42.3 Å². The summed E-state index contributed by atoms with van der Waals surface area (Å²) in [4.78, 5) is 0. The summed E-state index contributed by atoms with van der Waals surface area (Å²) in [5.41, 5.74) is 4.37. The van der Waals surface area contributed by atoms with Crippen LogP contribution >= 0.6 is 11.6 Å². The van der Waals surface area contributed by atoms with Crippen molar-refractivity contribution in [2.75, 3.05) is 6.61 Å². The molecular formula is C16H13ClO2. The molecule has 0 amide bonds. The second-order valence-electron chi connectivity index (χ2n) is 4.58. The van der Waals surface area contributed by atoms with E-state index in [9.17, 15) is 5.11 Å². The molecule has 1 aliphatic rings. The molecule has 1 heterocycles. The van der Waals surface area contributed by atoms with Crippen molar-refractivity contribution in [1.82, 2.24) is 0 Å². The van der Waals surface area contributed by atoms with Crippen LogP contribution in [-0.4, -0.2) is 11.7 Å². The Morgan fingerprint density at radius 3 is 2.79 bits per heavy atom. The van der Waals surface area contributed by atoms with E-state index in [4.69, 9.17) is 16.3 Å². The first-order valence-electron chi connectivity index (χ1n) is 6.07. The quantitative estimate of drug-likeness (QED) is 0.835. The standard InChI is InChI=1S/C16H13ClO2/c1-10-14-6-5-13(18)8-16(14)19-9-15(10)11-3-2-4-12(17)7-11/h2-8,18H,9H2,1H3. The maximum Gasteiger partial charge on any atom is 0.130 e. The van der Waals surface area contributed by atoms with E-state index in [0.717, 1.165) is 28.0 Å². The summed E-state index contributed by atoms with van der Waals surface area (Å²) >= 11 is 6.04. The Hall–Kier alpha value is -1.93. The number of phenols is 1. The normalized spacial score (nSPS) is 14.0. The maximum atomic E-state index is 9.48. The second-order valence-corrected chi connectivity index (χ2v) is 5.02. The number of fused-ring (bicyclic) bond motifs is 1. The fourth-order valence-corrected chi connectivity index (χ4v) is 2.53. The van der Waals surface area contributed by atoms with Gasteiger partial charge in [0.15, 0.2) is 0 Å². The van der Waals surface area contributed by atoms with Gasteiger partial charge in [-0.15, -0.1) is 0 Å². The van der Waals surface area contributed by atoms with Crippen LogP contribution in [-0.2, 0) is 0 Å². The number of allylic oxidation sites excluding steroid dienone is 1. The second kappa shape index (κ2) is 4.63. The first-order valence-corrected chi connectivity index (χ1v) is 6.45. The Morgan fingerprint density at radius 1 is 1.16 bits per heavy atom. The minimum absolute atomic E-state index is 0.220. The van der Waals surface area contributed by atoms with Crippen LogP contribution in [0.2, 0.25) is 5.02 Å². The third-order valence-corrected chi connectivity index (χ3v) is 3.60. The van der Waals surface area contributed by atoms with Gasteiger partial charge in [-0.3, -0.25) is 0 Å². The molecule has 0 saturated heterocycles. The summed E-state index contributed by atoms with van der Waals surface area (Å²) in [5, 5.41) is 10.2. The molecule has 0 aliphatic carbocycles. The van der Waals surface area contributed by atoms with Gasteiger partial charge in [-0.1, -0.05) is 23.7 Å². The highest BCUT2D eigenvalue weighted by atomic mass is 35.5. The third kappa shape index (κ3) is 2.20. The maximum absolute atomic E-state index is 9.48. The van der Waals surface area contributed by atoms with E-state index in [1.165, 1.54) is 0 Å². The highest BCUT2D eigenvalue weighted by molar-refractivity contribution is 6.30. The molecule has 0 atom stereocenters. The molecule has 0 bridgehead atoms. The summed E-state index contributed by atoms with van der Waals surface area (Å²) in [7, 11) is 0. The van der Waals surface area contributed by atoms with Gasteiger partial charge in [0.05, 0.1) is 0 Å². The number of hydrogen-bond donors (Lipinski definition) is 1. The fraction of sp³-hybridized carbons (Fsp3) is 0.125. The van der Waals surface area contributed by atoms with E-state index >= 15 is 0 Å². The molecule has 3 rings (SSSR count). The van der Waals surface area contributed by atoms with Crippen molar-refractivity contribution in [3.63, 3.8) is 0 Å². The van der Waals surface area contributed by atoms with E-state index < -0.39 is 0 Å². The van der Waals surface area contributed by atoms with Crippen LogP contribution in [0.1, 0.15) is 18.1 Å². The highest BCUT2D eigenvalue weighted by Crippen LogP contribution is 2.38. The summed E-state index contributed by atoms with van der Waals surface area (Å²) in [6.45, 7) is 2.55. The molecule has 96 valence electrons. The topological polar surface area (TPSA) is 29.5 Å². The lowest BCUT2D eigenvalue weighted by Crippen LogP contribution is -2.09. The molecular weight excluding hydrogens is 260 g/mol. The van der Waals surface area contributed by atoms with Gasteiger partial charge < -0.3 is 9.84 Å². The molecule has 2 aromatic carbocycles. The van der Waals surface area contributed by atoms with E-state index in [0.29, 0.717) is 11.6 Å². The van der Waals surface area contributed by atoms with Crippen LogP contribution in [0.4, 0.5) is 0 Å². The zero-order chi connectivity index (χ0) is 13.4. The van der Waals surface area contributed by atoms with E-state index in [-0.39, 0.29) is 5.75 Å². The van der Waals surface area contributed by atoms with Crippen molar-refractivity contribution in [2.45, 2.75) is 6.92 Å². The lowest BCUT2D eigenvalue weighted by Gasteiger charge is -2.22. The molecule has 1 aliphatic heterocycles. The van der Waals surface area contributed by atoms with Gasteiger partial charge in [0.25, 0.3) is 0 Å². The van der Waals surface area contributed by atoms with Gasteiger partial charge in [-0.25, -0.2) is 0 Å². The number of ether oxygens (including phenoxy) is 1. The Bertz CT molecular complexity index is 674. The van der Waals surface area contributed by atoms with Crippen molar-refractivity contribution >= 4 is 22.7 Å². The van der Waals surface area contributed by atoms with Crippen LogP contribution < -0.4 is 4.74 Å². The SMILES string of the molecule is CC1=C(c2cccc(Cl)c2)COc2cc(O)ccc21. The largest absolute Gasteiger partial charge is 0.508 e. The minimum Gasteiger partial charge on any atom is -0.508 e. The molecule has 1 N–H and O–H groups in total. The molecule has 0 fully saturated rings. The minimum atomic E-state index is 0.220. The van der Waals surface area contributed by atoms with Crippen LogP contribution in [0, 0.1) is 0 Å². The van der Waals surface area contributed by atoms with Crippen LogP contribution in [0.15, 0.2) is 42.5 Å². The Kier molecular flexibility index (Phi) is 2.96. The van der Waals surface area contributed by atoms with E-state index in [1.54, 1.807) is 12.1 Å². The summed E-state index contributed by atoms with van der Waals surface area (Å²) in [5.74, 6) is 0.945. The monoisotopic (exact) mass is 272 g/mol. The third-order valence-electron chi connectivity index (χ3n) is 3.37. The molecule has 3 heteroatoms. The zero-order valence-corrected chi connectivity index (χ0v) is 11.2. The van der Waals surface area contributed by atoms with E-state index in [1.807, 2.05) is 30.3 Å². The number of hydrogen-bond acceptors (Lipinski definition) is 2. The highest BCUT2D eigenvalue weighted by Gasteiger charge is 2.18. The number of benzene rings is 2. The number of aromatic hydroxyl groups is 1. The molecule has 0 radical (unpaired) electrons. The summed E-state index contributed by atoms with van der Waals surface area (Å²) in [6, 6.07) is 13.0. The zero-order valence-electron chi connectivity index (χ0n) is 10.5. The summed E-state index contributed by atoms with van der Waals surface area (Å²) in [6.07, 6.45) is 0. The molecule has 0 aromatic heterocycles. The molecule has 0 unspecified atom stereocenters. The molecule has 2 aromatic rings. The van der Waals surface area contributed by atoms with Gasteiger partial charge in [0, 0.05) is 22.2 Å². The average molecular weight is 273 g/mol. The fourth-order valence-electron chi connectivity index (χ4n) is 2.34. The molecule has 0 spiro atoms. The first kappa shape index (κ1) is 12.1. The lowest BCUT2D eigenvalue weighted by molar-refractivity contribution is 0.361. The van der Waals surface area contributed by atoms with Crippen molar-refractivity contribution in [3.8, 4) is 11.5 Å². The van der Waals surface area contributed by atoms with Crippen LogP contribution in [0.3, 0.4) is 0 Å². The Balaban J connectivity index is 2.13. The Labute approximate surface area is 116 Å².